The SMILES string of the molecule is CC(Oc1c(F)cccc1F)C(=O)NN. The lowest BCUT2D eigenvalue weighted by molar-refractivity contribution is -0.127. The van der Waals surface area contributed by atoms with E-state index in [2.05, 4.69) is 0 Å². The van der Waals surface area contributed by atoms with Crippen LogP contribution in [0.5, 0.6) is 5.75 Å². The number of hydrogen-bond donors (Lipinski definition) is 2. The lowest BCUT2D eigenvalue weighted by Crippen LogP contribution is -2.40. The molecule has 1 atom stereocenters. The molecule has 0 saturated carbocycles. The van der Waals surface area contributed by atoms with Gasteiger partial charge in [0.25, 0.3) is 5.91 Å². The summed E-state index contributed by atoms with van der Waals surface area (Å²) in [5.41, 5.74) is 1.82. The molecule has 0 heterocycles. The second-order valence-corrected chi connectivity index (χ2v) is 2.82. The van der Waals surface area contributed by atoms with E-state index in [1.54, 1.807) is 0 Å². The van der Waals surface area contributed by atoms with Gasteiger partial charge in [0.15, 0.2) is 23.5 Å². The summed E-state index contributed by atoms with van der Waals surface area (Å²) in [6.07, 6.45) is -1.07. The summed E-state index contributed by atoms with van der Waals surface area (Å²) in [6.45, 7) is 1.33. The van der Waals surface area contributed by atoms with E-state index in [9.17, 15) is 13.6 Å². The molecule has 0 fully saturated rings. The third kappa shape index (κ3) is 2.63. The van der Waals surface area contributed by atoms with Gasteiger partial charge in [-0.3, -0.25) is 10.2 Å². The minimum Gasteiger partial charge on any atom is -0.475 e. The van der Waals surface area contributed by atoms with Crippen molar-refractivity contribution in [3.05, 3.63) is 29.8 Å². The van der Waals surface area contributed by atoms with E-state index < -0.39 is 29.4 Å². The second kappa shape index (κ2) is 4.70. The Bertz CT molecular complexity index is 351. The number of carbonyl (C=O) groups excluding carboxylic acids is 1. The van der Waals surface area contributed by atoms with Crippen LogP contribution in [0.25, 0.3) is 0 Å². The lowest BCUT2D eigenvalue weighted by Gasteiger charge is -2.13. The van der Waals surface area contributed by atoms with E-state index in [-0.39, 0.29) is 0 Å². The fraction of sp³-hybridized carbons (Fsp3) is 0.222. The van der Waals surface area contributed by atoms with E-state index in [1.165, 1.54) is 13.0 Å². The average molecular weight is 216 g/mol. The highest BCUT2D eigenvalue weighted by Crippen LogP contribution is 2.21. The van der Waals surface area contributed by atoms with Gasteiger partial charge in [-0.25, -0.2) is 14.6 Å². The Kier molecular flexibility index (Phi) is 3.56. The molecule has 0 bridgehead atoms. The summed E-state index contributed by atoms with van der Waals surface area (Å²) >= 11 is 0. The van der Waals surface area contributed by atoms with Crippen molar-refractivity contribution < 1.29 is 18.3 Å². The largest absolute Gasteiger partial charge is 0.475 e. The zero-order valence-electron chi connectivity index (χ0n) is 7.96. The zero-order chi connectivity index (χ0) is 11.4. The first-order valence-electron chi connectivity index (χ1n) is 4.17. The molecular weight excluding hydrogens is 206 g/mol. The van der Waals surface area contributed by atoms with Crippen molar-refractivity contribution in [2.24, 2.45) is 5.84 Å². The van der Waals surface area contributed by atoms with E-state index in [1.807, 2.05) is 5.43 Å². The molecule has 6 heteroatoms. The van der Waals surface area contributed by atoms with Gasteiger partial charge in [0.05, 0.1) is 0 Å². The van der Waals surface area contributed by atoms with Gasteiger partial charge in [0, 0.05) is 0 Å². The Morgan fingerprint density at radius 3 is 2.47 bits per heavy atom. The summed E-state index contributed by atoms with van der Waals surface area (Å²) in [5.74, 6) is 1.84. The summed E-state index contributed by atoms with van der Waals surface area (Å²) in [4.78, 5) is 10.9. The van der Waals surface area contributed by atoms with Crippen LogP contribution in [0.4, 0.5) is 8.78 Å². The van der Waals surface area contributed by atoms with E-state index in [4.69, 9.17) is 10.6 Å². The average Bonchev–Trinajstić information content (AvgIpc) is 2.22. The normalized spacial score (nSPS) is 12.0. The molecule has 0 saturated heterocycles. The van der Waals surface area contributed by atoms with Gasteiger partial charge >= 0.3 is 0 Å². The Morgan fingerprint density at radius 1 is 1.47 bits per heavy atom. The Labute approximate surface area is 85.0 Å². The zero-order valence-corrected chi connectivity index (χ0v) is 7.96. The number of hydrazine groups is 1. The number of para-hydroxylation sites is 1. The fourth-order valence-electron chi connectivity index (χ4n) is 0.943. The summed E-state index contributed by atoms with van der Waals surface area (Å²) in [5, 5.41) is 0. The summed E-state index contributed by atoms with van der Waals surface area (Å²) < 4.78 is 30.9. The van der Waals surface area contributed by atoms with Crippen molar-refractivity contribution >= 4 is 5.91 Å². The van der Waals surface area contributed by atoms with Gasteiger partial charge in [-0.15, -0.1) is 0 Å². The molecule has 0 aliphatic rings. The third-order valence-electron chi connectivity index (χ3n) is 1.73. The highest BCUT2D eigenvalue weighted by atomic mass is 19.1. The van der Waals surface area contributed by atoms with Crippen LogP contribution in [0.2, 0.25) is 0 Å². The fourth-order valence-corrected chi connectivity index (χ4v) is 0.943. The van der Waals surface area contributed by atoms with Crippen LogP contribution in [0.15, 0.2) is 18.2 Å². The molecule has 1 unspecified atom stereocenters. The number of nitrogens with two attached hydrogens (primary N) is 1. The predicted octanol–water partition coefficient (Wildman–Crippen LogP) is 0.722. The summed E-state index contributed by atoms with van der Waals surface area (Å²) in [7, 11) is 0. The Morgan fingerprint density at radius 2 is 2.00 bits per heavy atom. The topological polar surface area (TPSA) is 64.3 Å². The van der Waals surface area contributed by atoms with Gasteiger partial charge in [-0.2, -0.15) is 0 Å². The van der Waals surface area contributed by atoms with E-state index in [0.717, 1.165) is 12.1 Å². The van der Waals surface area contributed by atoms with Gasteiger partial charge in [0.2, 0.25) is 0 Å². The second-order valence-electron chi connectivity index (χ2n) is 2.82. The number of nitrogens with one attached hydrogen (secondary N) is 1. The van der Waals surface area contributed by atoms with Crippen LogP contribution in [-0.4, -0.2) is 12.0 Å². The van der Waals surface area contributed by atoms with Crippen molar-refractivity contribution in [2.75, 3.05) is 0 Å². The number of halogens is 2. The number of rotatable bonds is 3. The van der Waals surface area contributed by atoms with Gasteiger partial charge in [-0.1, -0.05) is 6.07 Å². The number of carbonyl (C=O) groups is 1. The standard InChI is InChI=1S/C9H10F2N2O2/c1-5(9(14)13-12)15-8-6(10)3-2-4-7(8)11/h2-5H,12H2,1H3,(H,13,14). The van der Waals surface area contributed by atoms with Crippen molar-refractivity contribution in [1.29, 1.82) is 0 Å². The first-order valence-corrected chi connectivity index (χ1v) is 4.17. The third-order valence-corrected chi connectivity index (χ3v) is 1.73. The molecule has 0 spiro atoms. The number of amides is 1. The molecule has 4 nitrogen and oxygen atoms in total. The van der Waals surface area contributed by atoms with Gasteiger partial charge < -0.3 is 4.74 Å². The molecule has 82 valence electrons. The maximum Gasteiger partial charge on any atom is 0.274 e. The first kappa shape index (κ1) is 11.4. The molecule has 15 heavy (non-hydrogen) atoms. The number of ether oxygens (including phenoxy) is 1. The van der Waals surface area contributed by atoms with Crippen LogP contribution < -0.4 is 16.0 Å². The highest BCUT2D eigenvalue weighted by molar-refractivity contribution is 5.80. The summed E-state index contributed by atoms with van der Waals surface area (Å²) in [6, 6.07) is 3.27. The van der Waals surface area contributed by atoms with E-state index in [0.29, 0.717) is 0 Å². The Hall–Kier alpha value is -1.69. The van der Waals surface area contributed by atoms with Gasteiger partial charge in [0.1, 0.15) is 0 Å². The minimum atomic E-state index is -1.07. The maximum atomic E-state index is 13.1. The molecule has 3 N–H and O–H groups in total. The number of hydrogen-bond acceptors (Lipinski definition) is 3. The maximum absolute atomic E-state index is 13.1. The van der Waals surface area contributed by atoms with Crippen LogP contribution in [0.3, 0.4) is 0 Å². The molecular formula is C9H10F2N2O2. The molecule has 0 radical (unpaired) electrons. The molecule has 1 aromatic rings. The number of benzene rings is 1. The first-order chi connectivity index (χ1) is 7.06. The highest BCUT2D eigenvalue weighted by Gasteiger charge is 2.18. The van der Waals surface area contributed by atoms with Crippen LogP contribution >= 0.6 is 0 Å². The molecule has 0 aliphatic heterocycles. The molecule has 1 rings (SSSR count). The smallest absolute Gasteiger partial charge is 0.274 e. The van der Waals surface area contributed by atoms with Crippen molar-refractivity contribution in [2.45, 2.75) is 13.0 Å². The van der Waals surface area contributed by atoms with Gasteiger partial charge in [-0.05, 0) is 19.1 Å². The van der Waals surface area contributed by atoms with Crippen LogP contribution in [0.1, 0.15) is 6.92 Å². The predicted molar refractivity (Wildman–Crippen MR) is 48.8 cm³/mol. The monoisotopic (exact) mass is 216 g/mol. The quantitative estimate of drug-likeness (QED) is 0.444. The lowest BCUT2D eigenvalue weighted by atomic mass is 10.3. The molecule has 0 aliphatic carbocycles. The van der Waals surface area contributed by atoms with Crippen molar-refractivity contribution in [3.8, 4) is 5.75 Å². The molecule has 1 amide bonds. The molecule has 0 aromatic heterocycles. The van der Waals surface area contributed by atoms with Crippen molar-refractivity contribution in [1.82, 2.24) is 5.43 Å². The Balaban J connectivity index is 2.85. The molecule has 1 aromatic carbocycles. The van der Waals surface area contributed by atoms with Crippen LogP contribution in [0, 0.1) is 11.6 Å². The minimum absolute atomic E-state index is 0.589. The van der Waals surface area contributed by atoms with Crippen LogP contribution in [-0.2, 0) is 4.79 Å². The van der Waals surface area contributed by atoms with Crippen molar-refractivity contribution in [3.63, 3.8) is 0 Å². The van der Waals surface area contributed by atoms with E-state index >= 15 is 0 Å².